The van der Waals surface area contributed by atoms with E-state index in [0.717, 1.165) is 12.0 Å². The number of carbonyl (C=O) groups excluding carboxylic acids is 1. The van der Waals surface area contributed by atoms with Gasteiger partial charge >= 0.3 is 0 Å². The fraction of sp³-hybridized carbons (Fsp3) is 0.615. The van der Waals surface area contributed by atoms with Gasteiger partial charge in [-0.25, -0.2) is 5.06 Å². The van der Waals surface area contributed by atoms with Crippen LogP contribution < -0.4 is 0 Å². The molecule has 0 saturated carbocycles. The van der Waals surface area contributed by atoms with Crippen molar-refractivity contribution in [3.8, 4) is 0 Å². The summed E-state index contributed by atoms with van der Waals surface area (Å²) in [6.45, 7) is 5.55. The Bertz CT molecular complexity index is 364. The van der Waals surface area contributed by atoms with Crippen molar-refractivity contribution in [3.05, 3.63) is 23.8 Å². The lowest BCUT2D eigenvalue weighted by molar-refractivity contribution is -0.193. The van der Waals surface area contributed by atoms with Gasteiger partial charge in [-0.15, -0.1) is 0 Å². The molecule has 1 saturated heterocycles. The molecule has 3 atom stereocenters. The predicted octanol–water partition coefficient (Wildman–Crippen LogP) is 2.68. The van der Waals surface area contributed by atoms with Crippen molar-refractivity contribution in [2.24, 2.45) is 11.8 Å². The van der Waals surface area contributed by atoms with E-state index >= 15 is 0 Å². The molecule has 0 N–H and O–H groups in total. The highest BCUT2D eigenvalue weighted by Crippen LogP contribution is 2.24. The zero-order valence-electron chi connectivity index (χ0n) is 10.2. The van der Waals surface area contributed by atoms with Gasteiger partial charge in [-0.2, -0.15) is 0 Å². The molecule has 1 fully saturated rings. The van der Waals surface area contributed by atoms with Gasteiger partial charge in [0.2, 0.25) is 0 Å². The van der Waals surface area contributed by atoms with Gasteiger partial charge in [0.25, 0.3) is 5.91 Å². The smallest absolute Gasteiger partial charge is 0.260 e. The van der Waals surface area contributed by atoms with E-state index in [1.54, 1.807) is 0 Å². The molecule has 1 heterocycles. The fourth-order valence-corrected chi connectivity index (χ4v) is 2.42. The zero-order chi connectivity index (χ0) is 12.4. The summed E-state index contributed by atoms with van der Waals surface area (Å²) in [7, 11) is 0. The Labute approximate surface area is 111 Å². The van der Waals surface area contributed by atoms with Gasteiger partial charge < -0.3 is 0 Å². The molecule has 2 aliphatic rings. The number of carbonyl (C=O) groups is 1. The van der Waals surface area contributed by atoms with E-state index in [2.05, 4.69) is 48.0 Å². The van der Waals surface area contributed by atoms with Crippen molar-refractivity contribution >= 4 is 21.8 Å². The van der Waals surface area contributed by atoms with Gasteiger partial charge in [-0.3, -0.25) is 9.63 Å². The number of hydrogen-bond donors (Lipinski definition) is 0. The number of alkyl halides is 1. The number of allylic oxidation sites excluding steroid dienone is 2. The van der Waals surface area contributed by atoms with Gasteiger partial charge in [0.1, 0.15) is 0 Å². The molecule has 0 bridgehead atoms. The zero-order valence-corrected chi connectivity index (χ0v) is 11.8. The van der Waals surface area contributed by atoms with E-state index in [0.29, 0.717) is 25.0 Å². The molecule has 94 valence electrons. The van der Waals surface area contributed by atoms with Gasteiger partial charge in [-0.05, 0) is 23.8 Å². The number of rotatable bonds is 2. The third-order valence-electron chi connectivity index (χ3n) is 3.38. The first kappa shape index (κ1) is 12.8. The van der Waals surface area contributed by atoms with Crippen LogP contribution in [0, 0.1) is 11.8 Å². The normalized spacial score (nSPS) is 33.8. The second-order valence-corrected chi connectivity index (χ2v) is 5.89. The topological polar surface area (TPSA) is 29.5 Å². The van der Waals surface area contributed by atoms with E-state index in [4.69, 9.17) is 4.84 Å². The standard InChI is InChI=1S/C13H18BrNO2/c1-9-3-4-11(7-10(9)2)8-15-13(16)12(14)5-6-17-15/h3-4,7,9-10,12H,5-6,8H2,1-2H3. The molecular formula is C13H18BrNO2. The van der Waals surface area contributed by atoms with E-state index < -0.39 is 0 Å². The molecular weight excluding hydrogens is 282 g/mol. The van der Waals surface area contributed by atoms with Crippen LogP contribution in [0.5, 0.6) is 0 Å². The first-order valence-electron chi connectivity index (χ1n) is 6.05. The molecule has 1 amide bonds. The quantitative estimate of drug-likeness (QED) is 0.734. The summed E-state index contributed by atoms with van der Waals surface area (Å²) in [5.74, 6) is 1.12. The van der Waals surface area contributed by atoms with E-state index in [1.165, 1.54) is 5.06 Å². The summed E-state index contributed by atoms with van der Waals surface area (Å²) in [5.41, 5.74) is 1.16. The lowest BCUT2D eigenvalue weighted by Gasteiger charge is -2.30. The molecule has 0 aromatic heterocycles. The number of hydrogen-bond acceptors (Lipinski definition) is 2. The van der Waals surface area contributed by atoms with E-state index in [9.17, 15) is 4.79 Å². The summed E-state index contributed by atoms with van der Waals surface area (Å²) in [6, 6.07) is 0. The van der Waals surface area contributed by atoms with Crippen LogP contribution in [0.25, 0.3) is 0 Å². The maximum atomic E-state index is 11.8. The molecule has 1 aliphatic carbocycles. The third-order valence-corrected chi connectivity index (χ3v) is 4.23. The highest BCUT2D eigenvalue weighted by Gasteiger charge is 2.28. The molecule has 3 unspecified atom stereocenters. The summed E-state index contributed by atoms with van der Waals surface area (Å²) < 4.78 is 0. The second kappa shape index (κ2) is 5.36. The summed E-state index contributed by atoms with van der Waals surface area (Å²) in [5, 5.41) is 1.47. The molecule has 2 rings (SSSR count). The molecule has 0 radical (unpaired) electrons. The number of amides is 1. The van der Waals surface area contributed by atoms with Crippen molar-refractivity contribution in [2.45, 2.75) is 25.1 Å². The number of nitrogens with zero attached hydrogens (tertiary/aromatic N) is 1. The monoisotopic (exact) mass is 299 g/mol. The van der Waals surface area contributed by atoms with Crippen LogP contribution in [0.2, 0.25) is 0 Å². The van der Waals surface area contributed by atoms with Crippen molar-refractivity contribution in [1.29, 1.82) is 0 Å². The molecule has 0 aromatic rings. The van der Waals surface area contributed by atoms with Crippen LogP contribution in [0.1, 0.15) is 20.3 Å². The number of hydroxylamine groups is 2. The largest absolute Gasteiger partial charge is 0.271 e. The van der Waals surface area contributed by atoms with Crippen molar-refractivity contribution in [2.75, 3.05) is 13.2 Å². The van der Waals surface area contributed by atoms with Crippen LogP contribution in [-0.4, -0.2) is 28.9 Å². The van der Waals surface area contributed by atoms with Gasteiger partial charge in [0.05, 0.1) is 18.0 Å². The average molecular weight is 300 g/mol. The molecule has 4 heteroatoms. The van der Waals surface area contributed by atoms with E-state index in [1.807, 2.05) is 0 Å². The van der Waals surface area contributed by atoms with Gasteiger partial charge in [-0.1, -0.05) is 48.0 Å². The maximum absolute atomic E-state index is 11.8. The first-order valence-corrected chi connectivity index (χ1v) is 6.96. The lowest BCUT2D eigenvalue weighted by atomic mass is 9.88. The highest BCUT2D eigenvalue weighted by atomic mass is 79.9. The SMILES string of the molecule is CC1C=CC(CN2OCCC(Br)C2=O)=CC1C. The predicted molar refractivity (Wildman–Crippen MR) is 70.5 cm³/mol. The Morgan fingerprint density at radius 1 is 1.47 bits per heavy atom. The molecule has 0 spiro atoms. The Hall–Kier alpha value is -0.610. The van der Waals surface area contributed by atoms with Crippen LogP contribution >= 0.6 is 15.9 Å². The molecule has 3 nitrogen and oxygen atoms in total. The summed E-state index contributed by atoms with van der Waals surface area (Å²) in [6.07, 6.45) is 7.26. The van der Waals surface area contributed by atoms with Crippen LogP contribution in [0.15, 0.2) is 23.8 Å². The third kappa shape index (κ3) is 2.99. The van der Waals surface area contributed by atoms with Crippen molar-refractivity contribution in [1.82, 2.24) is 5.06 Å². The van der Waals surface area contributed by atoms with Crippen LogP contribution in [0.4, 0.5) is 0 Å². The Kier molecular flexibility index (Phi) is 4.05. The summed E-state index contributed by atoms with van der Waals surface area (Å²) >= 11 is 3.37. The lowest BCUT2D eigenvalue weighted by Crippen LogP contribution is -2.43. The first-order chi connectivity index (χ1) is 8.08. The Balaban J connectivity index is 1.99. The van der Waals surface area contributed by atoms with Gasteiger partial charge in [0.15, 0.2) is 0 Å². The minimum absolute atomic E-state index is 0.0248. The van der Waals surface area contributed by atoms with E-state index in [-0.39, 0.29) is 10.7 Å². The second-order valence-electron chi connectivity index (χ2n) is 4.78. The highest BCUT2D eigenvalue weighted by molar-refractivity contribution is 9.10. The Morgan fingerprint density at radius 2 is 2.24 bits per heavy atom. The van der Waals surface area contributed by atoms with Crippen LogP contribution in [0.3, 0.4) is 0 Å². The Morgan fingerprint density at radius 3 is 2.94 bits per heavy atom. The minimum Gasteiger partial charge on any atom is -0.271 e. The maximum Gasteiger partial charge on any atom is 0.260 e. The van der Waals surface area contributed by atoms with Gasteiger partial charge in [0, 0.05) is 0 Å². The van der Waals surface area contributed by atoms with Crippen LogP contribution in [-0.2, 0) is 9.63 Å². The van der Waals surface area contributed by atoms with Crippen molar-refractivity contribution in [3.63, 3.8) is 0 Å². The van der Waals surface area contributed by atoms with Crippen molar-refractivity contribution < 1.29 is 9.63 Å². The molecule has 0 aromatic carbocycles. The fourth-order valence-electron chi connectivity index (χ4n) is 2.00. The average Bonchev–Trinajstić information content (AvgIpc) is 2.30. The molecule has 17 heavy (non-hydrogen) atoms. The minimum atomic E-state index is -0.0965. The number of halogens is 1. The summed E-state index contributed by atoms with van der Waals surface area (Å²) in [4.78, 5) is 17.2. The molecule has 1 aliphatic heterocycles.